The number of hydrogen-bond donors (Lipinski definition) is 1. The van der Waals surface area contributed by atoms with Crippen LogP contribution in [0.2, 0.25) is 5.02 Å². The molecule has 5 nitrogen and oxygen atoms in total. The summed E-state index contributed by atoms with van der Waals surface area (Å²) in [6.07, 6.45) is -3.74. The van der Waals surface area contributed by atoms with E-state index >= 15 is 0 Å². The number of anilines is 2. The number of amides is 1. The first-order valence-corrected chi connectivity index (χ1v) is 10.5. The van der Waals surface area contributed by atoms with Crippen molar-refractivity contribution in [2.24, 2.45) is 0 Å². The van der Waals surface area contributed by atoms with Crippen molar-refractivity contribution in [3.8, 4) is 0 Å². The largest absolute Gasteiger partial charge is 0.417 e. The van der Waals surface area contributed by atoms with Crippen molar-refractivity contribution >= 4 is 38.9 Å². The summed E-state index contributed by atoms with van der Waals surface area (Å²) in [5.41, 5.74) is -0.913. The molecule has 0 aliphatic heterocycles. The maximum Gasteiger partial charge on any atom is 0.417 e. The molecule has 0 fully saturated rings. The number of carbonyl (C=O) groups excluding carboxylic acids is 1. The minimum absolute atomic E-state index is 0.0632. The number of nitrogens with one attached hydrogen (secondary N) is 1. The number of hydrogen-bond acceptors (Lipinski definition) is 3. The zero-order valence-electron chi connectivity index (χ0n) is 15.1. The third-order valence-electron chi connectivity index (χ3n) is 3.84. The Morgan fingerprint density at radius 1 is 1.14 bits per heavy atom. The third kappa shape index (κ3) is 6.60. The second-order valence-corrected chi connectivity index (χ2v) is 8.47. The molecule has 158 valence electrons. The summed E-state index contributed by atoms with van der Waals surface area (Å²) in [6, 6.07) is 7.79. The van der Waals surface area contributed by atoms with Gasteiger partial charge >= 0.3 is 6.18 Å². The van der Waals surface area contributed by atoms with Crippen LogP contribution in [0.15, 0.2) is 42.5 Å². The first-order chi connectivity index (χ1) is 13.4. The van der Waals surface area contributed by atoms with Crippen LogP contribution in [0.1, 0.15) is 18.4 Å². The predicted molar refractivity (Wildman–Crippen MR) is 103 cm³/mol. The van der Waals surface area contributed by atoms with Crippen LogP contribution in [-0.2, 0) is 21.0 Å². The summed E-state index contributed by atoms with van der Waals surface area (Å²) < 4.78 is 76.6. The van der Waals surface area contributed by atoms with Crippen LogP contribution < -0.4 is 9.62 Å². The van der Waals surface area contributed by atoms with E-state index in [9.17, 15) is 30.8 Å². The molecule has 0 atom stereocenters. The molecule has 0 heterocycles. The number of sulfonamides is 1. The van der Waals surface area contributed by atoms with Gasteiger partial charge in [-0.2, -0.15) is 13.2 Å². The van der Waals surface area contributed by atoms with Crippen LogP contribution in [0, 0.1) is 5.82 Å². The first kappa shape index (κ1) is 23.0. The summed E-state index contributed by atoms with van der Waals surface area (Å²) in [5.74, 6) is -1.12. The van der Waals surface area contributed by atoms with E-state index in [4.69, 9.17) is 11.6 Å². The average Bonchev–Trinajstić information content (AvgIpc) is 2.59. The fourth-order valence-electron chi connectivity index (χ4n) is 2.52. The predicted octanol–water partition coefficient (Wildman–Crippen LogP) is 4.68. The van der Waals surface area contributed by atoms with Crippen molar-refractivity contribution in [3.63, 3.8) is 0 Å². The van der Waals surface area contributed by atoms with Gasteiger partial charge in [-0.3, -0.25) is 9.10 Å². The van der Waals surface area contributed by atoms with Crippen LogP contribution in [0.25, 0.3) is 0 Å². The third-order valence-corrected chi connectivity index (χ3v) is 5.36. The molecule has 0 aromatic heterocycles. The van der Waals surface area contributed by atoms with Gasteiger partial charge in [0.25, 0.3) is 0 Å². The Morgan fingerprint density at radius 3 is 2.31 bits per heavy atom. The normalized spacial score (nSPS) is 11.9. The Morgan fingerprint density at radius 2 is 1.76 bits per heavy atom. The lowest BCUT2D eigenvalue weighted by molar-refractivity contribution is -0.137. The van der Waals surface area contributed by atoms with E-state index in [2.05, 4.69) is 5.32 Å². The fraction of sp³-hybridized carbons (Fsp3) is 0.278. The highest BCUT2D eigenvalue weighted by Gasteiger charge is 2.33. The van der Waals surface area contributed by atoms with Crippen LogP contribution >= 0.6 is 11.6 Å². The summed E-state index contributed by atoms with van der Waals surface area (Å²) in [7, 11) is -3.67. The van der Waals surface area contributed by atoms with Gasteiger partial charge in [0.15, 0.2) is 0 Å². The molecular weight excluding hydrogens is 436 g/mol. The standard InChI is InChI=1S/C18H17ClF4N2O3S/c1-29(27,28)25(14-7-4-12(20)5-8-14)10-2-3-17(26)24-13-6-9-16(19)15(11-13)18(21,22)23/h4-9,11H,2-3,10H2,1H3,(H,24,26). The van der Waals surface area contributed by atoms with Crippen molar-refractivity contribution < 1.29 is 30.8 Å². The topological polar surface area (TPSA) is 66.5 Å². The molecule has 0 aliphatic carbocycles. The highest BCUT2D eigenvalue weighted by Crippen LogP contribution is 2.36. The minimum atomic E-state index is -4.66. The lowest BCUT2D eigenvalue weighted by Gasteiger charge is -2.22. The fourth-order valence-corrected chi connectivity index (χ4v) is 3.71. The van der Waals surface area contributed by atoms with Crippen molar-refractivity contribution in [2.75, 3.05) is 22.4 Å². The van der Waals surface area contributed by atoms with Gasteiger partial charge in [0.05, 0.1) is 22.5 Å². The van der Waals surface area contributed by atoms with E-state index in [0.29, 0.717) is 0 Å². The second kappa shape index (κ2) is 9.00. The quantitative estimate of drug-likeness (QED) is 0.620. The molecule has 1 amide bonds. The van der Waals surface area contributed by atoms with E-state index in [0.717, 1.165) is 34.8 Å². The highest BCUT2D eigenvalue weighted by molar-refractivity contribution is 7.92. The van der Waals surface area contributed by atoms with Crippen molar-refractivity contribution in [3.05, 3.63) is 58.9 Å². The minimum Gasteiger partial charge on any atom is -0.326 e. The van der Waals surface area contributed by atoms with Crippen molar-refractivity contribution in [1.29, 1.82) is 0 Å². The van der Waals surface area contributed by atoms with Gasteiger partial charge in [0.1, 0.15) is 5.82 Å². The maximum absolute atomic E-state index is 13.0. The Balaban J connectivity index is 2.00. The molecule has 0 bridgehead atoms. The van der Waals surface area contributed by atoms with E-state index in [-0.39, 0.29) is 30.8 Å². The smallest absolute Gasteiger partial charge is 0.326 e. The summed E-state index contributed by atoms with van der Waals surface area (Å²) >= 11 is 5.53. The Kier molecular flexibility index (Phi) is 7.12. The SMILES string of the molecule is CS(=O)(=O)N(CCCC(=O)Nc1ccc(Cl)c(C(F)(F)F)c1)c1ccc(F)cc1. The number of carbonyl (C=O) groups is 1. The number of nitrogens with zero attached hydrogens (tertiary/aromatic N) is 1. The van der Waals surface area contributed by atoms with Gasteiger partial charge < -0.3 is 5.32 Å². The lowest BCUT2D eigenvalue weighted by Crippen LogP contribution is -2.31. The molecule has 0 spiro atoms. The van der Waals surface area contributed by atoms with Crippen molar-refractivity contribution in [1.82, 2.24) is 0 Å². The number of rotatable bonds is 7. The second-order valence-electron chi connectivity index (χ2n) is 6.16. The number of halogens is 5. The molecule has 0 saturated heterocycles. The van der Waals surface area contributed by atoms with E-state index in [1.165, 1.54) is 18.2 Å². The molecule has 29 heavy (non-hydrogen) atoms. The molecule has 0 aliphatic rings. The van der Waals surface area contributed by atoms with E-state index in [1.807, 2.05) is 0 Å². The molecule has 11 heteroatoms. The van der Waals surface area contributed by atoms with E-state index < -0.39 is 38.5 Å². The van der Waals surface area contributed by atoms with Crippen LogP contribution in [0.5, 0.6) is 0 Å². The van der Waals surface area contributed by atoms with Gasteiger partial charge in [-0.05, 0) is 48.9 Å². The van der Waals surface area contributed by atoms with Crippen molar-refractivity contribution in [2.45, 2.75) is 19.0 Å². The molecule has 2 rings (SSSR count). The molecule has 2 aromatic rings. The molecular formula is C18H17ClF4N2O3S. The lowest BCUT2D eigenvalue weighted by atomic mass is 10.2. The zero-order valence-corrected chi connectivity index (χ0v) is 16.7. The Hall–Kier alpha value is -2.33. The Labute approximate surface area is 170 Å². The zero-order chi connectivity index (χ0) is 21.8. The Bertz CT molecular complexity index is 980. The van der Waals surface area contributed by atoms with Gasteiger partial charge in [0.2, 0.25) is 15.9 Å². The number of alkyl halides is 3. The van der Waals surface area contributed by atoms with E-state index in [1.54, 1.807) is 0 Å². The van der Waals surface area contributed by atoms with Gasteiger partial charge in [-0.25, -0.2) is 12.8 Å². The van der Waals surface area contributed by atoms with Gasteiger partial charge in [-0.15, -0.1) is 0 Å². The highest BCUT2D eigenvalue weighted by atomic mass is 35.5. The van der Waals surface area contributed by atoms with Gasteiger partial charge in [0, 0.05) is 18.7 Å². The van der Waals surface area contributed by atoms with Crippen LogP contribution in [0.4, 0.5) is 28.9 Å². The molecule has 0 saturated carbocycles. The summed E-state index contributed by atoms with van der Waals surface area (Å²) in [4.78, 5) is 12.0. The first-order valence-electron chi connectivity index (χ1n) is 8.28. The maximum atomic E-state index is 13.0. The molecule has 0 radical (unpaired) electrons. The molecule has 2 aromatic carbocycles. The molecule has 0 unspecified atom stereocenters. The summed E-state index contributed by atoms with van der Waals surface area (Å²) in [5, 5.41) is 1.84. The van der Waals surface area contributed by atoms with Crippen LogP contribution in [-0.4, -0.2) is 27.1 Å². The van der Waals surface area contributed by atoms with Gasteiger partial charge in [-0.1, -0.05) is 11.6 Å². The average molecular weight is 453 g/mol. The van der Waals surface area contributed by atoms with Crippen LogP contribution in [0.3, 0.4) is 0 Å². The summed E-state index contributed by atoms with van der Waals surface area (Å²) in [6.45, 7) is -0.0632. The monoisotopic (exact) mass is 452 g/mol. The number of benzene rings is 2. The molecule has 1 N–H and O–H groups in total.